The zero-order valence-electron chi connectivity index (χ0n) is 9.15. The Bertz CT molecular complexity index is 347. The van der Waals surface area contributed by atoms with Gasteiger partial charge in [0.1, 0.15) is 11.6 Å². The highest BCUT2D eigenvalue weighted by molar-refractivity contribution is 9.09. The molecule has 3 heteroatoms. The Balaban J connectivity index is 3.06. The molecule has 1 aromatic carbocycles. The lowest BCUT2D eigenvalue weighted by Crippen LogP contribution is -2.17. The molecule has 0 spiro atoms. The predicted molar refractivity (Wildman–Crippen MR) is 62.1 cm³/mol. The first-order valence-electron chi connectivity index (χ1n) is 4.97. The predicted octanol–water partition coefficient (Wildman–Crippen LogP) is 4.84. The largest absolute Gasteiger partial charge is 0.207 e. The van der Waals surface area contributed by atoms with Crippen molar-refractivity contribution in [1.82, 2.24) is 0 Å². The fourth-order valence-electron chi connectivity index (χ4n) is 1.31. The van der Waals surface area contributed by atoms with Gasteiger partial charge in [0.2, 0.25) is 0 Å². The zero-order valence-corrected chi connectivity index (χ0v) is 10.7. The molecule has 1 rings (SSSR count). The van der Waals surface area contributed by atoms with Crippen molar-refractivity contribution >= 4 is 15.9 Å². The van der Waals surface area contributed by atoms with Gasteiger partial charge in [0.25, 0.3) is 0 Å². The number of benzene rings is 1. The molecule has 0 nitrogen and oxygen atoms in total. The van der Waals surface area contributed by atoms with Crippen LogP contribution < -0.4 is 0 Å². The molecule has 0 fully saturated rings. The highest BCUT2D eigenvalue weighted by atomic mass is 79.9. The monoisotopic (exact) mass is 276 g/mol. The van der Waals surface area contributed by atoms with Crippen LogP contribution in [0, 0.1) is 17.0 Å². The van der Waals surface area contributed by atoms with Gasteiger partial charge in [0.15, 0.2) is 0 Å². The lowest BCUT2D eigenvalue weighted by Gasteiger charge is -2.29. The molecule has 0 radical (unpaired) electrons. The zero-order chi connectivity index (χ0) is 11.6. The van der Waals surface area contributed by atoms with E-state index in [1.54, 1.807) is 0 Å². The van der Waals surface area contributed by atoms with E-state index in [4.69, 9.17) is 0 Å². The molecule has 1 unspecified atom stereocenters. The number of halogens is 3. The summed E-state index contributed by atoms with van der Waals surface area (Å²) in [5, 5.41) is 0. The van der Waals surface area contributed by atoms with Crippen LogP contribution in [0.5, 0.6) is 0 Å². The molecule has 1 aromatic rings. The second-order valence-corrected chi connectivity index (χ2v) is 5.29. The summed E-state index contributed by atoms with van der Waals surface area (Å²) in [6.07, 6.45) is 0.916. The van der Waals surface area contributed by atoms with Crippen LogP contribution in [0.3, 0.4) is 0 Å². The van der Waals surface area contributed by atoms with E-state index in [1.807, 2.05) is 0 Å². The second-order valence-electron chi connectivity index (χ2n) is 4.37. The highest BCUT2D eigenvalue weighted by Crippen LogP contribution is 2.43. The fourth-order valence-corrected chi connectivity index (χ4v) is 2.00. The van der Waals surface area contributed by atoms with E-state index in [0.717, 1.165) is 12.5 Å². The topological polar surface area (TPSA) is 0 Å². The van der Waals surface area contributed by atoms with Gasteiger partial charge < -0.3 is 0 Å². The van der Waals surface area contributed by atoms with Gasteiger partial charge in [-0.2, -0.15) is 0 Å². The molecule has 15 heavy (non-hydrogen) atoms. The quantitative estimate of drug-likeness (QED) is 0.694. The number of alkyl halides is 1. The van der Waals surface area contributed by atoms with Crippen LogP contribution in [0.2, 0.25) is 0 Å². The minimum atomic E-state index is -0.537. The van der Waals surface area contributed by atoms with Crippen molar-refractivity contribution in [2.75, 3.05) is 0 Å². The van der Waals surface area contributed by atoms with Gasteiger partial charge in [-0.1, -0.05) is 42.8 Å². The van der Waals surface area contributed by atoms with E-state index >= 15 is 0 Å². The second kappa shape index (κ2) is 4.60. The fraction of sp³-hybridized carbons (Fsp3) is 0.500. The van der Waals surface area contributed by atoms with Crippen molar-refractivity contribution in [1.29, 1.82) is 0 Å². The van der Waals surface area contributed by atoms with Gasteiger partial charge in [-0.3, -0.25) is 0 Å². The van der Waals surface area contributed by atoms with Gasteiger partial charge in [-0.05, 0) is 17.9 Å². The van der Waals surface area contributed by atoms with Crippen LogP contribution >= 0.6 is 15.9 Å². The smallest absolute Gasteiger partial charge is 0.130 e. The third-order valence-electron chi connectivity index (χ3n) is 2.83. The molecule has 84 valence electrons. The van der Waals surface area contributed by atoms with Crippen LogP contribution in [0.25, 0.3) is 0 Å². The summed E-state index contributed by atoms with van der Waals surface area (Å²) in [4.78, 5) is -0.101. The van der Waals surface area contributed by atoms with E-state index in [1.165, 1.54) is 12.1 Å². The minimum absolute atomic E-state index is 0.0569. The van der Waals surface area contributed by atoms with Crippen molar-refractivity contribution in [3.8, 4) is 0 Å². The molecule has 0 amide bonds. The van der Waals surface area contributed by atoms with E-state index < -0.39 is 11.6 Å². The molecule has 0 aromatic heterocycles. The molecule has 0 aliphatic carbocycles. The maximum atomic E-state index is 13.5. The minimum Gasteiger partial charge on any atom is -0.207 e. The van der Waals surface area contributed by atoms with Crippen molar-refractivity contribution in [3.05, 3.63) is 35.4 Å². The number of hydrogen-bond donors (Lipinski definition) is 0. The third kappa shape index (κ3) is 2.77. The molecule has 0 bridgehead atoms. The lowest BCUT2D eigenvalue weighted by atomic mass is 9.83. The van der Waals surface area contributed by atoms with Crippen molar-refractivity contribution in [2.24, 2.45) is 5.41 Å². The van der Waals surface area contributed by atoms with Gasteiger partial charge >= 0.3 is 0 Å². The van der Waals surface area contributed by atoms with Gasteiger partial charge in [-0.25, -0.2) is 8.78 Å². The molecule has 0 aliphatic rings. The molecule has 0 N–H and O–H groups in total. The maximum absolute atomic E-state index is 13.5. The van der Waals surface area contributed by atoms with Crippen LogP contribution in [-0.2, 0) is 0 Å². The van der Waals surface area contributed by atoms with E-state index in [9.17, 15) is 8.78 Å². The summed E-state index contributed by atoms with van der Waals surface area (Å²) >= 11 is 3.48. The third-order valence-corrected chi connectivity index (χ3v) is 4.57. The Morgan fingerprint density at radius 1 is 1.33 bits per heavy atom. The molecular weight excluding hydrogens is 262 g/mol. The highest BCUT2D eigenvalue weighted by Gasteiger charge is 2.28. The first kappa shape index (κ1) is 12.6. The van der Waals surface area contributed by atoms with E-state index in [0.29, 0.717) is 5.56 Å². The normalized spacial score (nSPS) is 14.0. The molecule has 0 saturated heterocycles. The van der Waals surface area contributed by atoms with Gasteiger partial charge in [-0.15, -0.1) is 0 Å². The van der Waals surface area contributed by atoms with Gasteiger partial charge in [0.05, 0.1) is 0 Å². The van der Waals surface area contributed by atoms with E-state index in [2.05, 4.69) is 36.7 Å². The average Bonchev–Trinajstić information content (AvgIpc) is 2.17. The SMILES string of the molecule is CCC(C)(C)C(Br)c1ccc(F)cc1F. The summed E-state index contributed by atoms with van der Waals surface area (Å²) < 4.78 is 26.2. The molecule has 0 saturated carbocycles. The number of hydrogen-bond acceptors (Lipinski definition) is 0. The average molecular weight is 277 g/mol. The Hall–Kier alpha value is -0.440. The van der Waals surface area contributed by atoms with Crippen molar-refractivity contribution in [3.63, 3.8) is 0 Å². The first-order chi connectivity index (χ1) is 6.88. The number of rotatable bonds is 3. The molecule has 1 atom stereocenters. The Labute approximate surface area is 97.8 Å². The Kier molecular flexibility index (Phi) is 3.87. The Morgan fingerprint density at radius 2 is 1.93 bits per heavy atom. The van der Waals surface area contributed by atoms with Crippen LogP contribution in [-0.4, -0.2) is 0 Å². The van der Waals surface area contributed by atoms with Crippen LogP contribution in [0.1, 0.15) is 37.6 Å². The summed E-state index contributed by atoms with van der Waals surface area (Å²) in [6, 6.07) is 3.72. The molecule has 0 aliphatic heterocycles. The standard InChI is InChI=1S/C12H15BrF2/c1-4-12(2,3)11(13)9-6-5-8(14)7-10(9)15/h5-7,11H,4H2,1-3H3. The first-order valence-corrected chi connectivity index (χ1v) is 5.89. The maximum Gasteiger partial charge on any atom is 0.130 e. The molecule has 0 heterocycles. The lowest BCUT2D eigenvalue weighted by molar-refractivity contribution is 0.340. The van der Waals surface area contributed by atoms with Gasteiger partial charge in [0, 0.05) is 16.5 Å². The van der Waals surface area contributed by atoms with Crippen molar-refractivity contribution in [2.45, 2.75) is 32.0 Å². The summed E-state index contributed by atoms with van der Waals surface area (Å²) in [5.41, 5.74) is 0.460. The summed E-state index contributed by atoms with van der Waals surface area (Å²) in [5.74, 6) is -1.02. The van der Waals surface area contributed by atoms with E-state index in [-0.39, 0.29) is 10.2 Å². The van der Waals surface area contributed by atoms with Crippen LogP contribution in [0.4, 0.5) is 8.78 Å². The van der Waals surface area contributed by atoms with Crippen molar-refractivity contribution < 1.29 is 8.78 Å². The van der Waals surface area contributed by atoms with Crippen LogP contribution in [0.15, 0.2) is 18.2 Å². The Morgan fingerprint density at radius 3 is 2.40 bits per heavy atom. The summed E-state index contributed by atoms with van der Waals surface area (Å²) in [6.45, 7) is 6.15. The summed E-state index contributed by atoms with van der Waals surface area (Å²) in [7, 11) is 0. The molecular formula is C12H15BrF2.